The van der Waals surface area contributed by atoms with E-state index in [4.69, 9.17) is 10.2 Å². The monoisotopic (exact) mass is 522 g/mol. The van der Waals surface area contributed by atoms with Crippen molar-refractivity contribution in [1.82, 2.24) is 0 Å². The van der Waals surface area contributed by atoms with Crippen molar-refractivity contribution in [3.8, 4) is 22.3 Å². The van der Waals surface area contributed by atoms with E-state index in [1.807, 2.05) is 72.8 Å². The quantitative estimate of drug-likeness (QED) is 0.248. The lowest BCUT2D eigenvalue weighted by Gasteiger charge is -2.09. The molecular weight excluding hydrogens is 497 g/mol. The van der Waals surface area contributed by atoms with Crippen molar-refractivity contribution in [2.75, 3.05) is 24.7 Å². The number of sulfone groups is 1. The number of aliphatic hydroxyl groups is 2. The first-order valence-corrected chi connectivity index (χ1v) is 14.6. The van der Waals surface area contributed by atoms with Gasteiger partial charge in [-0.15, -0.1) is 23.5 Å². The summed E-state index contributed by atoms with van der Waals surface area (Å²) in [7, 11) is -3.62. The molecule has 2 N–H and O–H groups in total. The Morgan fingerprint density at radius 2 is 0.771 bits per heavy atom. The lowest BCUT2D eigenvalue weighted by molar-refractivity contribution is 0.322. The molecule has 0 aromatic heterocycles. The summed E-state index contributed by atoms with van der Waals surface area (Å²) in [5.41, 5.74) is 3.90. The molecule has 0 bridgehead atoms. The van der Waals surface area contributed by atoms with Crippen molar-refractivity contribution in [1.29, 1.82) is 0 Å². The van der Waals surface area contributed by atoms with Crippen molar-refractivity contribution >= 4 is 33.4 Å². The maximum absolute atomic E-state index is 13.2. The summed E-state index contributed by atoms with van der Waals surface area (Å²) < 4.78 is 26.3. The van der Waals surface area contributed by atoms with Crippen LogP contribution in [0.25, 0.3) is 22.3 Å². The van der Waals surface area contributed by atoms with E-state index in [1.165, 1.54) is 0 Å². The first-order valence-electron chi connectivity index (χ1n) is 11.1. The number of rotatable bonds is 10. The van der Waals surface area contributed by atoms with Crippen molar-refractivity contribution < 1.29 is 18.6 Å². The van der Waals surface area contributed by atoms with Gasteiger partial charge >= 0.3 is 0 Å². The van der Waals surface area contributed by atoms with Gasteiger partial charge in [0.05, 0.1) is 23.0 Å². The van der Waals surface area contributed by atoms with E-state index in [9.17, 15) is 8.42 Å². The van der Waals surface area contributed by atoms with Gasteiger partial charge in [0.1, 0.15) is 0 Å². The van der Waals surface area contributed by atoms with Crippen LogP contribution in [0.5, 0.6) is 0 Å². The zero-order valence-corrected chi connectivity index (χ0v) is 21.5. The number of aliphatic hydroxyl groups excluding tert-OH is 2. The maximum atomic E-state index is 13.2. The number of hydrogen-bond acceptors (Lipinski definition) is 6. The van der Waals surface area contributed by atoms with E-state index >= 15 is 0 Å². The zero-order valence-electron chi connectivity index (χ0n) is 19.0. The summed E-state index contributed by atoms with van der Waals surface area (Å²) in [4.78, 5) is 2.69. The van der Waals surface area contributed by atoms with Gasteiger partial charge in [0, 0.05) is 21.3 Å². The fraction of sp³-hybridized carbons (Fsp3) is 0.143. The molecule has 0 spiro atoms. The Bertz CT molecular complexity index is 1230. The maximum Gasteiger partial charge on any atom is 0.206 e. The van der Waals surface area contributed by atoms with Crippen LogP contribution in [0.2, 0.25) is 0 Å². The second-order valence-corrected chi connectivity index (χ2v) is 12.0. The molecule has 0 aliphatic rings. The molecule has 0 atom stereocenters. The van der Waals surface area contributed by atoms with E-state index in [0.29, 0.717) is 11.5 Å². The number of thioether (sulfide) groups is 2. The largest absolute Gasteiger partial charge is 0.396 e. The smallest absolute Gasteiger partial charge is 0.206 e. The Balaban J connectivity index is 1.48. The van der Waals surface area contributed by atoms with Gasteiger partial charge in [0.2, 0.25) is 9.84 Å². The molecule has 4 rings (SSSR count). The lowest BCUT2D eigenvalue weighted by atomic mass is 10.1. The molecule has 35 heavy (non-hydrogen) atoms. The molecule has 0 heterocycles. The Hall–Kier alpha value is -2.55. The van der Waals surface area contributed by atoms with E-state index < -0.39 is 9.84 Å². The van der Waals surface area contributed by atoms with Gasteiger partial charge in [-0.05, 0) is 70.8 Å². The van der Waals surface area contributed by atoms with Gasteiger partial charge in [-0.1, -0.05) is 48.5 Å². The van der Waals surface area contributed by atoms with Crippen molar-refractivity contribution in [2.24, 2.45) is 0 Å². The van der Waals surface area contributed by atoms with Crippen LogP contribution in [0.3, 0.4) is 0 Å². The summed E-state index contributed by atoms with van der Waals surface area (Å²) in [6.07, 6.45) is 0. The fourth-order valence-electron chi connectivity index (χ4n) is 3.60. The molecule has 7 heteroatoms. The number of benzene rings is 4. The van der Waals surface area contributed by atoms with Crippen LogP contribution in [0.15, 0.2) is 117 Å². The third-order valence-corrected chi connectivity index (χ3v) is 9.19. The van der Waals surface area contributed by atoms with Crippen LogP contribution in [-0.4, -0.2) is 43.4 Å². The van der Waals surface area contributed by atoms with E-state index in [0.717, 1.165) is 32.0 Å². The first kappa shape index (κ1) is 25.5. The summed E-state index contributed by atoms with van der Waals surface area (Å²) >= 11 is 3.18. The molecule has 0 aliphatic heterocycles. The first-order chi connectivity index (χ1) is 17.0. The van der Waals surface area contributed by atoms with Crippen LogP contribution in [0, 0.1) is 0 Å². The predicted molar refractivity (Wildman–Crippen MR) is 145 cm³/mol. The minimum Gasteiger partial charge on any atom is -0.396 e. The SMILES string of the molecule is O=S(=O)(c1ccc(-c2ccc(SCCO)cc2)cc1)c1ccc(-c2ccc(SCCO)cc2)cc1. The van der Waals surface area contributed by atoms with E-state index in [1.54, 1.807) is 47.8 Å². The topological polar surface area (TPSA) is 74.6 Å². The fourth-order valence-corrected chi connectivity index (χ4v) is 6.18. The molecule has 0 saturated heterocycles. The van der Waals surface area contributed by atoms with Gasteiger partial charge in [0.15, 0.2) is 0 Å². The molecule has 0 amide bonds. The number of hydrogen-bond donors (Lipinski definition) is 2. The molecule has 0 fully saturated rings. The molecule has 4 aromatic carbocycles. The highest BCUT2D eigenvalue weighted by molar-refractivity contribution is 7.99. The Morgan fingerprint density at radius 1 is 0.486 bits per heavy atom. The predicted octanol–water partition coefficient (Wildman–Crippen LogP) is 6.02. The minimum atomic E-state index is -3.62. The normalized spacial score (nSPS) is 11.5. The summed E-state index contributed by atoms with van der Waals surface area (Å²) in [5, 5.41) is 17.9. The second-order valence-electron chi connectivity index (χ2n) is 7.75. The van der Waals surface area contributed by atoms with Gasteiger partial charge in [-0.25, -0.2) is 8.42 Å². The van der Waals surface area contributed by atoms with E-state index in [2.05, 4.69) is 0 Å². The highest BCUT2D eigenvalue weighted by Gasteiger charge is 2.17. The molecule has 180 valence electrons. The highest BCUT2D eigenvalue weighted by Crippen LogP contribution is 2.29. The highest BCUT2D eigenvalue weighted by atomic mass is 32.2. The van der Waals surface area contributed by atoms with Crippen molar-refractivity contribution in [2.45, 2.75) is 19.6 Å². The van der Waals surface area contributed by atoms with Crippen LogP contribution in [0.1, 0.15) is 0 Å². The summed E-state index contributed by atoms with van der Waals surface area (Å²) in [5.74, 6) is 1.31. The molecule has 4 nitrogen and oxygen atoms in total. The van der Waals surface area contributed by atoms with Crippen LogP contribution < -0.4 is 0 Å². The Morgan fingerprint density at radius 3 is 1.06 bits per heavy atom. The third-order valence-electron chi connectivity index (χ3n) is 5.42. The molecular formula is C28H26O4S3. The van der Waals surface area contributed by atoms with Gasteiger partial charge in [-0.3, -0.25) is 0 Å². The second kappa shape index (κ2) is 11.9. The van der Waals surface area contributed by atoms with Gasteiger partial charge in [-0.2, -0.15) is 0 Å². The van der Waals surface area contributed by atoms with Crippen molar-refractivity contribution in [3.05, 3.63) is 97.1 Å². The Kier molecular flexibility index (Phi) is 8.70. The van der Waals surface area contributed by atoms with Gasteiger partial charge in [0.25, 0.3) is 0 Å². The van der Waals surface area contributed by atoms with Crippen LogP contribution >= 0.6 is 23.5 Å². The average Bonchev–Trinajstić information content (AvgIpc) is 2.91. The van der Waals surface area contributed by atoms with Crippen LogP contribution in [-0.2, 0) is 9.84 Å². The molecule has 0 radical (unpaired) electrons. The Labute approximate surface area is 215 Å². The lowest BCUT2D eigenvalue weighted by Crippen LogP contribution is -2.01. The molecule has 0 saturated carbocycles. The standard InChI is InChI=1S/C28H26O4S3/c29-17-19-33-25-9-1-21(2-10-25)23-5-13-27(14-6-23)35(31,32)28-15-7-24(8-16-28)22-3-11-26(12-4-22)34-20-18-30/h1-16,29-30H,17-20H2. The van der Waals surface area contributed by atoms with Gasteiger partial charge < -0.3 is 10.2 Å². The third kappa shape index (κ3) is 6.37. The average molecular weight is 523 g/mol. The molecule has 4 aromatic rings. The summed E-state index contributed by atoms with van der Waals surface area (Å²) in [6, 6.07) is 29.9. The molecule has 0 unspecified atom stereocenters. The summed E-state index contributed by atoms with van der Waals surface area (Å²) in [6.45, 7) is 0.285. The van der Waals surface area contributed by atoms with E-state index in [-0.39, 0.29) is 23.0 Å². The minimum absolute atomic E-state index is 0.142. The van der Waals surface area contributed by atoms with Crippen molar-refractivity contribution in [3.63, 3.8) is 0 Å². The molecule has 0 aliphatic carbocycles. The zero-order chi connectivity index (χ0) is 24.7. The van der Waals surface area contributed by atoms with Crippen LogP contribution in [0.4, 0.5) is 0 Å².